The van der Waals surface area contributed by atoms with E-state index in [4.69, 9.17) is 4.74 Å². The van der Waals surface area contributed by atoms with Crippen molar-refractivity contribution in [3.05, 3.63) is 35.7 Å². The van der Waals surface area contributed by atoms with E-state index in [9.17, 15) is 13.2 Å². The molecule has 1 aromatic heterocycles. The van der Waals surface area contributed by atoms with E-state index in [1.807, 2.05) is 6.92 Å². The van der Waals surface area contributed by atoms with Crippen molar-refractivity contribution in [3.8, 4) is 6.01 Å². The lowest BCUT2D eigenvalue weighted by atomic mass is 10.00. The first-order chi connectivity index (χ1) is 12.5. The smallest absolute Gasteiger partial charge is 0.316 e. The minimum atomic E-state index is -3.77. The minimum Gasteiger partial charge on any atom is -0.464 e. The number of aromatic nitrogens is 2. The molecule has 0 bridgehead atoms. The predicted octanol–water partition coefficient (Wildman–Crippen LogP) is 1.51. The van der Waals surface area contributed by atoms with E-state index >= 15 is 0 Å². The summed E-state index contributed by atoms with van der Waals surface area (Å²) in [6.45, 7) is 2.86. The van der Waals surface area contributed by atoms with Gasteiger partial charge >= 0.3 is 6.01 Å². The highest BCUT2D eigenvalue weighted by atomic mass is 32.2. The standard InChI is InChI=1S/C17H18N4O4S/c1-2-25-17-18-9-13(10-19-17)20-26(23,24)14-7-11-3-4-15(22)21-6-5-12(8-14)16(11)21/h7-10,20H,2-6H2,1H3. The van der Waals surface area contributed by atoms with Gasteiger partial charge < -0.3 is 9.64 Å². The number of benzene rings is 1. The summed E-state index contributed by atoms with van der Waals surface area (Å²) < 4.78 is 33.2. The highest BCUT2D eigenvalue weighted by molar-refractivity contribution is 7.92. The van der Waals surface area contributed by atoms with Crippen LogP contribution in [0.5, 0.6) is 6.01 Å². The fourth-order valence-corrected chi connectivity index (χ4v) is 4.50. The van der Waals surface area contributed by atoms with Gasteiger partial charge in [-0.2, -0.15) is 0 Å². The molecule has 2 aliphatic heterocycles. The number of hydrogen-bond acceptors (Lipinski definition) is 6. The Labute approximate surface area is 151 Å². The zero-order valence-electron chi connectivity index (χ0n) is 14.2. The molecule has 0 radical (unpaired) electrons. The number of sulfonamides is 1. The molecule has 0 unspecified atom stereocenters. The van der Waals surface area contributed by atoms with Crippen LogP contribution in [0.4, 0.5) is 11.4 Å². The molecule has 26 heavy (non-hydrogen) atoms. The Balaban J connectivity index is 1.64. The topological polar surface area (TPSA) is 101 Å². The molecule has 136 valence electrons. The number of rotatable bonds is 5. The highest BCUT2D eigenvalue weighted by Gasteiger charge is 2.32. The third kappa shape index (κ3) is 2.88. The molecule has 9 heteroatoms. The van der Waals surface area contributed by atoms with E-state index in [-0.39, 0.29) is 22.5 Å². The Morgan fingerprint density at radius 2 is 1.85 bits per heavy atom. The average Bonchev–Trinajstić information content (AvgIpc) is 3.05. The van der Waals surface area contributed by atoms with Crippen molar-refractivity contribution in [1.29, 1.82) is 0 Å². The first-order valence-corrected chi connectivity index (χ1v) is 9.90. The number of amides is 1. The SMILES string of the molecule is CCOc1ncc(NS(=O)(=O)c2cc3c4c(c2)CCN4C(=O)CC3)cn1. The summed E-state index contributed by atoms with van der Waals surface area (Å²) in [7, 11) is -3.77. The molecule has 0 saturated carbocycles. The van der Waals surface area contributed by atoms with Gasteiger partial charge in [0, 0.05) is 13.0 Å². The molecular formula is C17H18N4O4S. The minimum absolute atomic E-state index is 0.108. The number of carbonyl (C=O) groups excluding carboxylic acids is 1. The van der Waals surface area contributed by atoms with Crippen LogP contribution in [0.15, 0.2) is 29.4 Å². The van der Waals surface area contributed by atoms with Gasteiger partial charge in [0.15, 0.2) is 0 Å². The quantitative estimate of drug-likeness (QED) is 0.851. The molecule has 0 fully saturated rings. The van der Waals surface area contributed by atoms with E-state index in [0.717, 1.165) is 16.8 Å². The largest absolute Gasteiger partial charge is 0.464 e. The van der Waals surface area contributed by atoms with Gasteiger partial charge in [-0.3, -0.25) is 9.52 Å². The summed E-state index contributed by atoms with van der Waals surface area (Å²) in [6.07, 6.45) is 4.38. The van der Waals surface area contributed by atoms with Crippen molar-refractivity contribution in [3.63, 3.8) is 0 Å². The van der Waals surface area contributed by atoms with Crippen LogP contribution in [0.3, 0.4) is 0 Å². The molecule has 8 nitrogen and oxygen atoms in total. The second-order valence-electron chi connectivity index (χ2n) is 6.18. The molecule has 4 rings (SSSR count). The Bertz CT molecular complexity index is 973. The van der Waals surface area contributed by atoms with E-state index in [1.54, 1.807) is 17.0 Å². The lowest BCUT2D eigenvalue weighted by Gasteiger charge is -2.25. The molecule has 1 amide bonds. The van der Waals surface area contributed by atoms with Crippen LogP contribution in [0.1, 0.15) is 24.5 Å². The van der Waals surface area contributed by atoms with Crippen LogP contribution < -0.4 is 14.4 Å². The van der Waals surface area contributed by atoms with Crippen LogP contribution in [0.25, 0.3) is 0 Å². The number of nitrogens with one attached hydrogen (secondary N) is 1. The first kappa shape index (κ1) is 16.8. The van der Waals surface area contributed by atoms with Gasteiger partial charge in [-0.15, -0.1) is 0 Å². The summed E-state index contributed by atoms with van der Waals surface area (Å²) in [4.78, 5) is 21.9. The van der Waals surface area contributed by atoms with Gasteiger partial charge in [-0.1, -0.05) is 0 Å². The molecule has 0 spiro atoms. The van der Waals surface area contributed by atoms with E-state index in [1.165, 1.54) is 12.4 Å². The van der Waals surface area contributed by atoms with Gasteiger partial charge in [-0.25, -0.2) is 18.4 Å². The molecule has 0 atom stereocenters. The van der Waals surface area contributed by atoms with Gasteiger partial charge in [0.2, 0.25) is 5.91 Å². The van der Waals surface area contributed by atoms with Crippen LogP contribution in [0, 0.1) is 0 Å². The summed E-state index contributed by atoms with van der Waals surface area (Å²) in [5, 5.41) is 0. The highest BCUT2D eigenvalue weighted by Crippen LogP contribution is 2.38. The molecule has 3 heterocycles. The van der Waals surface area contributed by atoms with Crippen molar-refractivity contribution in [2.24, 2.45) is 0 Å². The Kier molecular flexibility index (Phi) is 4.03. The molecule has 2 aromatic rings. The first-order valence-electron chi connectivity index (χ1n) is 8.42. The van der Waals surface area contributed by atoms with E-state index in [0.29, 0.717) is 32.4 Å². The molecular weight excluding hydrogens is 356 g/mol. The monoisotopic (exact) mass is 374 g/mol. The lowest BCUT2D eigenvalue weighted by molar-refractivity contribution is -0.118. The Hall–Kier alpha value is -2.68. The summed E-state index contributed by atoms with van der Waals surface area (Å²) in [5.74, 6) is 0.108. The van der Waals surface area contributed by atoms with Crippen molar-refractivity contribution in [2.45, 2.75) is 31.1 Å². The maximum absolute atomic E-state index is 12.8. The van der Waals surface area contributed by atoms with Gasteiger partial charge in [0.1, 0.15) is 0 Å². The average molecular weight is 374 g/mol. The normalized spacial score (nSPS) is 15.7. The van der Waals surface area contributed by atoms with Crippen LogP contribution in [-0.2, 0) is 27.7 Å². The number of aryl methyl sites for hydroxylation is 1. The summed E-state index contributed by atoms with van der Waals surface area (Å²) in [6, 6.07) is 3.50. The predicted molar refractivity (Wildman–Crippen MR) is 94.8 cm³/mol. The second kappa shape index (κ2) is 6.24. The van der Waals surface area contributed by atoms with Crippen molar-refractivity contribution in [2.75, 3.05) is 22.8 Å². The fourth-order valence-electron chi connectivity index (χ4n) is 3.37. The summed E-state index contributed by atoms with van der Waals surface area (Å²) in [5.41, 5.74) is 2.96. The van der Waals surface area contributed by atoms with Gasteiger partial charge in [0.05, 0.1) is 35.3 Å². The maximum atomic E-state index is 12.8. The zero-order chi connectivity index (χ0) is 18.3. The van der Waals surface area contributed by atoms with E-state index < -0.39 is 10.0 Å². The maximum Gasteiger partial charge on any atom is 0.316 e. The third-order valence-electron chi connectivity index (χ3n) is 4.49. The molecule has 0 saturated heterocycles. The molecule has 2 aliphatic rings. The van der Waals surface area contributed by atoms with Crippen molar-refractivity contribution >= 4 is 27.3 Å². The number of anilines is 2. The summed E-state index contributed by atoms with van der Waals surface area (Å²) >= 11 is 0. The number of carbonyl (C=O) groups is 1. The van der Waals surface area contributed by atoms with E-state index in [2.05, 4.69) is 14.7 Å². The van der Waals surface area contributed by atoms with Crippen molar-refractivity contribution < 1.29 is 17.9 Å². The Morgan fingerprint density at radius 1 is 1.15 bits per heavy atom. The van der Waals surface area contributed by atoms with Gasteiger partial charge in [0.25, 0.3) is 10.0 Å². The number of ether oxygens (including phenoxy) is 1. The molecule has 0 aliphatic carbocycles. The molecule has 1 aromatic carbocycles. The van der Waals surface area contributed by atoms with Crippen LogP contribution in [-0.4, -0.2) is 37.4 Å². The second-order valence-corrected chi connectivity index (χ2v) is 7.86. The lowest BCUT2D eigenvalue weighted by Crippen LogP contribution is -2.33. The molecule has 1 N–H and O–H groups in total. The van der Waals surface area contributed by atoms with Crippen LogP contribution >= 0.6 is 0 Å². The van der Waals surface area contributed by atoms with Gasteiger partial charge in [-0.05, 0) is 43.0 Å². The zero-order valence-corrected chi connectivity index (χ0v) is 15.0. The third-order valence-corrected chi connectivity index (χ3v) is 5.85. The number of nitrogens with zero attached hydrogens (tertiary/aromatic N) is 3. The fraction of sp³-hybridized carbons (Fsp3) is 0.353. The van der Waals surface area contributed by atoms with Crippen molar-refractivity contribution in [1.82, 2.24) is 9.97 Å². The van der Waals surface area contributed by atoms with Crippen LogP contribution in [0.2, 0.25) is 0 Å². The Morgan fingerprint density at radius 3 is 2.54 bits per heavy atom. The number of hydrogen-bond donors (Lipinski definition) is 1.